The molecule has 1 amide bonds. The molecule has 1 aromatic carbocycles. The van der Waals surface area contributed by atoms with Gasteiger partial charge in [0.15, 0.2) is 5.13 Å². The molecule has 1 saturated carbocycles. The third-order valence-electron chi connectivity index (χ3n) is 4.88. The van der Waals surface area contributed by atoms with Gasteiger partial charge in [-0.3, -0.25) is 4.79 Å². The first-order chi connectivity index (χ1) is 13.2. The van der Waals surface area contributed by atoms with Crippen LogP contribution in [0.4, 0.5) is 18.3 Å². The van der Waals surface area contributed by atoms with Crippen LogP contribution in [0.5, 0.6) is 0 Å². The van der Waals surface area contributed by atoms with E-state index in [1.54, 1.807) is 11.3 Å². The van der Waals surface area contributed by atoms with Gasteiger partial charge in [-0.25, -0.2) is 4.98 Å². The third kappa shape index (κ3) is 5.38. The zero-order chi connectivity index (χ0) is 20.3. The standard InChI is InChI=1S/C19H21ClF3N3OS/c1-11-10-28-18(25-11)24-9-12-2-5-14(6-3-12)26-17(27)15-8-13(19(21,22)23)4-7-16(15)20/h4,7-8,10,12,14H,2-3,5-6,9H2,1H3,(H,24,25)(H,26,27)/t12-,14-. The van der Waals surface area contributed by atoms with E-state index in [0.29, 0.717) is 5.92 Å². The van der Waals surface area contributed by atoms with Crippen LogP contribution in [0, 0.1) is 12.8 Å². The van der Waals surface area contributed by atoms with E-state index in [9.17, 15) is 18.0 Å². The van der Waals surface area contributed by atoms with Gasteiger partial charge in [0.25, 0.3) is 5.91 Å². The molecular weight excluding hydrogens is 411 g/mol. The number of aryl methyl sites for hydroxylation is 1. The van der Waals surface area contributed by atoms with Crippen LogP contribution in [0.25, 0.3) is 0 Å². The molecule has 0 saturated heterocycles. The van der Waals surface area contributed by atoms with Crippen molar-refractivity contribution in [2.24, 2.45) is 5.92 Å². The lowest BCUT2D eigenvalue weighted by Gasteiger charge is -2.29. The lowest BCUT2D eigenvalue weighted by Crippen LogP contribution is -2.38. The van der Waals surface area contributed by atoms with Crippen molar-refractivity contribution in [3.63, 3.8) is 0 Å². The highest BCUT2D eigenvalue weighted by Crippen LogP contribution is 2.32. The number of amides is 1. The highest BCUT2D eigenvalue weighted by molar-refractivity contribution is 7.13. The maximum absolute atomic E-state index is 12.9. The van der Waals surface area contributed by atoms with Gasteiger partial charge in [-0.15, -0.1) is 11.3 Å². The predicted molar refractivity (Wildman–Crippen MR) is 105 cm³/mol. The molecule has 0 bridgehead atoms. The van der Waals surface area contributed by atoms with Gasteiger partial charge in [-0.2, -0.15) is 13.2 Å². The minimum atomic E-state index is -4.51. The Morgan fingerprint density at radius 3 is 2.61 bits per heavy atom. The SMILES string of the molecule is Cc1csc(NC[C@H]2CC[C@H](NC(=O)c3cc(C(F)(F)F)ccc3Cl)CC2)n1. The summed E-state index contributed by atoms with van der Waals surface area (Å²) < 4.78 is 38.6. The molecule has 0 unspecified atom stereocenters. The van der Waals surface area contributed by atoms with Gasteiger partial charge >= 0.3 is 6.18 Å². The quantitative estimate of drug-likeness (QED) is 0.655. The minimum absolute atomic E-state index is 0.0159. The van der Waals surface area contributed by atoms with E-state index in [1.807, 2.05) is 12.3 Å². The molecule has 1 fully saturated rings. The highest BCUT2D eigenvalue weighted by atomic mass is 35.5. The molecule has 0 radical (unpaired) electrons. The number of nitrogens with zero attached hydrogens (tertiary/aromatic N) is 1. The number of rotatable bonds is 5. The molecule has 0 spiro atoms. The van der Waals surface area contributed by atoms with Gasteiger partial charge in [0.2, 0.25) is 0 Å². The van der Waals surface area contributed by atoms with Gasteiger partial charge in [-0.05, 0) is 56.7 Å². The van der Waals surface area contributed by atoms with E-state index < -0.39 is 17.6 Å². The Hall–Kier alpha value is -1.80. The van der Waals surface area contributed by atoms with Gasteiger partial charge in [-0.1, -0.05) is 11.6 Å². The Morgan fingerprint density at radius 1 is 1.29 bits per heavy atom. The second-order valence-corrected chi connectivity index (χ2v) is 8.32. The maximum Gasteiger partial charge on any atom is 0.416 e. The van der Waals surface area contributed by atoms with Crippen LogP contribution in [0.1, 0.15) is 47.3 Å². The summed E-state index contributed by atoms with van der Waals surface area (Å²) in [7, 11) is 0. The zero-order valence-electron chi connectivity index (χ0n) is 15.3. The largest absolute Gasteiger partial charge is 0.416 e. The van der Waals surface area contributed by atoms with Crippen molar-refractivity contribution in [2.75, 3.05) is 11.9 Å². The monoisotopic (exact) mass is 431 g/mol. The number of thiazole rings is 1. The first-order valence-electron chi connectivity index (χ1n) is 9.06. The molecule has 2 N–H and O–H groups in total. The average molecular weight is 432 g/mol. The van der Waals surface area contributed by atoms with Crippen molar-refractivity contribution in [3.8, 4) is 0 Å². The molecule has 1 aliphatic carbocycles. The number of hydrogen-bond donors (Lipinski definition) is 2. The van der Waals surface area contributed by atoms with Crippen LogP contribution in [0.2, 0.25) is 5.02 Å². The maximum atomic E-state index is 12.9. The fraction of sp³-hybridized carbons (Fsp3) is 0.474. The van der Waals surface area contributed by atoms with Crippen molar-refractivity contribution in [2.45, 2.75) is 44.8 Å². The number of aromatic nitrogens is 1. The van der Waals surface area contributed by atoms with E-state index >= 15 is 0 Å². The molecular formula is C19H21ClF3N3OS. The normalized spacial score (nSPS) is 20.0. The van der Waals surface area contributed by atoms with Crippen molar-refractivity contribution in [3.05, 3.63) is 45.4 Å². The number of halogens is 4. The number of benzene rings is 1. The lowest BCUT2D eigenvalue weighted by molar-refractivity contribution is -0.137. The van der Waals surface area contributed by atoms with Gasteiger partial charge in [0.05, 0.1) is 21.8 Å². The van der Waals surface area contributed by atoms with Gasteiger partial charge < -0.3 is 10.6 Å². The van der Waals surface area contributed by atoms with E-state index in [2.05, 4.69) is 15.6 Å². The smallest absolute Gasteiger partial charge is 0.361 e. The molecule has 1 aromatic heterocycles. The summed E-state index contributed by atoms with van der Waals surface area (Å²) in [5.74, 6) is -0.0783. The number of carbonyl (C=O) groups is 1. The summed E-state index contributed by atoms with van der Waals surface area (Å²) in [4.78, 5) is 16.8. The van der Waals surface area contributed by atoms with Crippen LogP contribution < -0.4 is 10.6 Å². The topological polar surface area (TPSA) is 54.0 Å². The Labute approximate surface area is 170 Å². The molecule has 9 heteroatoms. The molecule has 3 rings (SSSR count). The summed E-state index contributed by atoms with van der Waals surface area (Å²) in [5, 5.41) is 9.09. The molecule has 28 heavy (non-hydrogen) atoms. The van der Waals surface area contributed by atoms with Crippen molar-refractivity contribution < 1.29 is 18.0 Å². The Balaban J connectivity index is 1.51. The zero-order valence-corrected chi connectivity index (χ0v) is 16.8. The van der Waals surface area contributed by atoms with Crippen molar-refractivity contribution in [1.82, 2.24) is 10.3 Å². The summed E-state index contributed by atoms with van der Waals surface area (Å²) in [6, 6.07) is 2.74. The molecule has 0 atom stereocenters. The summed E-state index contributed by atoms with van der Waals surface area (Å²) in [6.07, 6.45) is -1.09. The second kappa shape index (κ2) is 8.69. The van der Waals surface area contributed by atoms with Crippen LogP contribution in [0.3, 0.4) is 0 Å². The van der Waals surface area contributed by atoms with Crippen LogP contribution >= 0.6 is 22.9 Å². The number of nitrogens with one attached hydrogen (secondary N) is 2. The number of alkyl halides is 3. The molecule has 0 aliphatic heterocycles. The highest BCUT2D eigenvalue weighted by Gasteiger charge is 2.32. The van der Waals surface area contributed by atoms with Crippen LogP contribution in [-0.2, 0) is 6.18 Å². The molecule has 1 heterocycles. The fourth-order valence-electron chi connectivity index (χ4n) is 3.32. The molecule has 152 valence electrons. The third-order valence-corrected chi connectivity index (χ3v) is 6.13. The number of hydrogen-bond acceptors (Lipinski definition) is 4. The van der Waals surface area contributed by atoms with Crippen LogP contribution in [-0.4, -0.2) is 23.5 Å². The summed E-state index contributed by atoms with van der Waals surface area (Å²) in [6.45, 7) is 2.78. The second-order valence-electron chi connectivity index (χ2n) is 7.06. The first-order valence-corrected chi connectivity index (χ1v) is 10.3. The van der Waals surface area contributed by atoms with E-state index in [0.717, 1.165) is 61.3 Å². The summed E-state index contributed by atoms with van der Waals surface area (Å²) >= 11 is 7.52. The van der Waals surface area contributed by atoms with Crippen molar-refractivity contribution in [1.29, 1.82) is 0 Å². The number of anilines is 1. The van der Waals surface area contributed by atoms with Gasteiger partial charge in [0, 0.05) is 18.0 Å². The molecule has 2 aromatic rings. The Kier molecular flexibility index (Phi) is 6.50. The summed E-state index contributed by atoms with van der Waals surface area (Å²) in [5.41, 5.74) is -0.0270. The number of carbonyl (C=O) groups excluding carboxylic acids is 1. The van der Waals surface area contributed by atoms with Crippen LogP contribution in [0.15, 0.2) is 23.6 Å². The van der Waals surface area contributed by atoms with E-state index in [1.165, 1.54) is 0 Å². The van der Waals surface area contributed by atoms with E-state index in [-0.39, 0.29) is 16.6 Å². The predicted octanol–water partition coefficient (Wildman–Crippen LogP) is 5.52. The average Bonchev–Trinajstić information content (AvgIpc) is 3.06. The first kappa shape index (κ1) is 20.9. The van der Waals surface area contributed by atoms with E-state index in [4.69, 9.17) is 11.6 Å². The van der Waals surface area contributed by atoms with Crippen molar-refractivity contribution >= 4 is 34.0 Å². The Morgan fingerprint density at radius 2 is 2.00 bits per heavy atom. The lowest BCUT2D eigenvalue weighted by atomic mass is 9.86. The molecule has 4 nitrogen and oxygen atoms in total. The minimum Gasteiger partial charge on any atom is -0.361 e. The molecule has 1 aliphatic rings. The van der Waals surface area contributed by atoms with Gasteiger partial charge in [0.1, 0.15) is 0 Å². The Bertz CT molecular complexity index is 832. The fourth-order valence-corrected chi connectivity index (χ4v) is 4.22.